The van der Waals surface area contributed by atoms with Gasteiger partial charge in [0.1, 0.15) is 5.03 Å². The lowest BCUT2D eigenvalue weighted by Crippen LogP contribution is -2.31. The average molecular weight is 376 g/mol. The summed E-state index contributed by atoms with van der Waals surface area (Å²) in [4.78, 5) is 16.4. The first-order valence-corrected chi connectivity index (χ1v) is 9.85. The maximum atomic E-state index is 12.0. The predicted molar refractivity (Wildman–Crippen MR) is 110 cm³/mol. The normalized spacial score (nSPS) is 11.4. The molecule has 4 rings (SSSR count). The van der Waals surface area contributed by atoms with Crippen molar-refractivity contribution in [2.24, 2.45) is 0 Å². The van der Waals surface area contributed by atoms with Crippen LogP contribution in [0.1, 0.15) is 13.8 Å². The Bertz CT molecular complexity index is 1110. The molecule has 1 amide bonds. The van der Waals surface area contributed by atoms with Gasteiger partial charge in [0.2, 0.25) is 5.91 Å². The largest absolute Gasteiger partial charge is 0.353 e. The van der Waals surface area contributed by atoms with Crippen LogP contribution in [0.4, 0.5) is 0 Å². The van der Waals surface area contributed by atoms with Gasteiger partial charge in [-0.3, -0.25) is 4.79 Å². The predicted octanol–water partition coefficient (Wildman–Crippen LogP) is 4.17. The highest BCUT2D eigenvalue weighted by molar-refractivity contribution is 8.00. The average Bonchev–Trinajstić information content (AvgIpc) is 3.10. The van der Waals surface area contributed by atoms with Crippen molar-refractivity contribution in [2.45, 2.75) is 24.9 Å². The van der Waals surface area contributed by atoms with Gasteiger partial charge in [0, 0.05) is 24.0 Å². The van der Waals surface area contributed by atoms with Crippen LogP contribution in [0.25, 0.3) is 27.5 Å². The van der Waals surface area contributed by atoms with E-state index < -0.39 is 0 Å². The Morgan fingerprint density at radius 2 is 2.00 bits per heavy atom. The molecular formula is C21H20N4OS. The molecule has 1 N–H and O–H groups in total. The van der Waals surface area contributed by atoms with E-state index in [-0.39, 0.29) is 11.9 Å². The summed E-state index contributed by atoms with van der Waals surface area (Å²) in [5.41, 5.74) is 2.89. The van der Waals surface area contributed by atoms with Crippen molar-refractivity contribution >= 4 is 34.0 Å². The summed E-state index contributed by atoms with van der Waals surface area (Å²) in [6.45, 7) is 3.91. The van der Waals surface area contributed by atoms with Crippen LogP contribution in [-0.4, -0.2) is 32.3 Å². The third kappa shape index (κ3) is 3.66. The van der Waals surface area contributed by atoms with Crippen molar-refractivity contribution in [1.29, 1.82) is 0 Å². The van der Waals surface area contributed by atoms with Gasteiger partial charge in [-0.15, -0.1) is 0 Å². The molecule has 0 saturated carbocycles. The lowest BCUT2D eigenvalue weighted by Gasteiger charge is -2.07. The summed E-state index contributed by atoms with van der Waals surface area (Å²) in [5.74, 6) is 0.340. The second kappa shape index (κ2) is 7.40. The molecule has 0 bridgehead atoms. The number of benzene rings is 2. The molecular weight excluding hydrogens is 356 g/mol. The number of carbonyl (C=O) groups excluding carboxylic acids is 1. The first-order chi connectivity index (χ1) is 13.1. The Hall–Kier alpha value is -2.86. The van der Waals surface area contributed by atoms with Gasteiger partial charge in [0.15, 0.2) is 0 Å². The molecule has 0 saturated heterocycles. The molecule has 6 heteroatoms. The van der Waals surface area contributed by atoms with Gasteiger partial charge >= 0.3 is 0 Å². The summed E-state index contributed by atoms with van der Waals surface area (Å²) in [6.07, 6.45) is 3.55. The van der Waals surface area contributed by atoms with E-state index in [1.165, 1.54) is 22.5 Å². The number of carbonyl (C=O) groups is 1. The quantitative estimate of drug-likeness (QED) is 0.531. The molecule has 2 aromatic carbocycles. The van der Waals surface area contributed by atoms with Crippen LogP contribution in [0.5, 0.6) is 0 Å². The van der Waals surface area contributed by atoms with Crippen molar-refractivity contribution in [3.63, 3.8) is 0 Å². The Balaban J connectivity index is 1.69. The molecule has 0 aliphatic heterocycles. The van der Waals surface area contributed by atoms with E-state index in [1.54, 1.807) is 6.20 Å². The Kier molecular flexibility index (Phi) is 4.81. The van der Waals surface area contributed by atoms with Gasteiger partial charge in [-0.05, 0) is 30.7 Å². The van der Waals surface area contributed by atoms with E-state index in [9.17, 15) is 4.79 Å². The van der Waals surface area contributed by atoms with Crippen molar-refractivity contribution in [3.05, 3.63) is 60.9 Å². The Labute approximate surface area is 161 Å². The van der Waals surface area contributed by atoms with Crippen LogP contribution >= 0.6 is 11.8 Å². The van der Waals surface area contributed by atoms with Gasteiger partial charge in [0.25, 0.3) is 0 Å². The first-order valence-electron chi connectivity index (χ1n) is 8.86. The van der Waals surface area contributed by atoms with E-state index in [4.69, 9.17) is 5.10 Å². The number of nitrogens with one attached hydrogen (secondary N) is 1. The molecule has 4 aromatic rings. The minimum absolute atomic E-state index is 0.00703. The van der Waals surface area contributed by atoms with Crippen LogP contribution in [0.15, 0.2) is 66.0 Å². The van der Waals surface area contributed by atoms with E-state index >= 15 is 0 Å². The number of hydrogen-bond donors (Lipinski definition) is 1. The lowest BCUT2D eigenvalue weighted by atomic mass is 10.0. The SMILES string of the molecule is CC(C)NC(=O)CSc1nccn2nc(-c3cccc4ccccc34)cc12. The fourth-order valence-electron chi connectivity index (χ4n) is 3.09. The number of rotatable bonds is 5. The van der Waals surface area contributed by atoms with Gasteiger partial charge < -0.3 is 5.32 Å². The van der Waals surface area contributed by atoms with E-state index in [0.717, 1.165) is 21.8 Å². The van der Waals surface area contributed by atoms with Crippen LogP contribution in [0.3, 0.4) is 0 Å². The fraction of sp³-hybridized carbons (Fsp3) is 0.190. The lowest BCUT2D eigenvalue weighted by molar-refractivity contribution is -0.119. The molecule has 0 aliphatic rings. The Morgan fingerprint density at radius 3 is 2.85 bits per heavy atom. The molecule has 0 fully saturated rings. The van der Waals surface area contributed by atoms with Crippen LogP contribution in [-0.2, 0) is 4.79 Å². The zero-order valence-electron chi connectivity index (χ0n) is 15.2. The number of nitrogens with zero attached hydrogens (tertiary/aromatic N) is 3. The third-order valence-electron chi connectivity index (χ3n) is 4.21. The van der Waals surface area contributed by atoms with Gasteiger partial charge in [0.05, 0.1) is 17.0 Å². The van der Waals surface area contributed by atoms with Crippen molar-refractivity contribution in [3.8, 4) is 11.3 Å². The summed E-state index contributed by atoms with van der Waals surface area (Å²) < 4.78 is 1.83. The van der Waals surface area contributed by atoms with Crippen molar-refractivity contribution in [1.82, 2.24) is 19.9 Å². The highest BCUT2D eigenvalue weighted by Gasteiger charge is 2.13. The van der Waals surface area contributed by atoms with E-state index in [2.05, 4.69) is 34.6 Å². The van der Waals surface area contributed by atoms with Gasteiger partial charge in [-0.25, -0.2) is 9.50 Å². The first kappa shape index (κ1) is 17.5. The second-order valence-corrected chi connectivity index (χ2v) is 7.59. The van der Waals surface area contributed by atoms with Crippen molar-refractivity contribution < 1.29 is 4.79 Å². The summed E-state index contributed by atoms with van der Waals surface area (Å²) in [5, 5.41) is 10.8. The summed E-state index contributed by atoms with van der Waals surface area (Å²) in [7, 11) is 0. The molecule has 5 nitrogen and oxygen atoms in total. The highest BCUT2D eigenvalue weighted by Crippen LogP contribution is 2.30. The third-order valence-corrected chi connectivity index (χ3v) is 5.20. The molecule has 0 spiro atoms. The smallest absolute Gasteiger partial charge is 0.230 e. The number of thioether (sulfide) groups is 1. The number of hydrogen-bond acceptors (Lipinski definition) is 4. The Morgan fingerprint density at radius 1 is 1.19 bits per heavy atom. The molecule has 2 aromatic heterocycles. The van der Waals surface area contributed by atoms with E-state index in [0.29, 0.717) is 5.75 Å². The van der Waals surface area contributed by atoms with Gasteiger partial charge in [-0.1, -0.05) is 54.2 Å². The number of aromatic nitrogens is 3. The number of fused-ring (bicyclic) bond motifs is 2. The topological polar surface area (TPSA) is 59.3 Å². The summed E-state index contributed by atoms with van der Waals surface area (Å²) >= 11 is 1.43. The standard InChI is InChI=1S/C21H20N4OS/c1-14(2)23-20(26)13-27-21-19-12-18(24-25(19)11-10-22-21)17-9-5-7-15-6-3-4-8-16(15)17/h3-12,14H,13H2,1-2H3,(H,23,26). The van der Waals surface area contributed by atoms with Crippen LogP contribution < -0.4 is 5.32 Å². The monoisotopic (exact) mass is 376 g/mol. The molecule has 0 atom stereocenters. The molecule has 0 unspecified atom stereocenters. The van der Waals surface area contributed by atoms with E-state index in [1.807, 2.05) is 48.8 Å². The zero-order chi connectivity index (χ0) is 18.8. The zero-order valence-corrected chi connectivity index (χ0v) is 16.0. The minimum atomic E-state index is 0.00703. The highest BCUT2D eigenvalue weighted by atomic mass is 32.2. The molecule has 0 radical (unpaired) electrons. The summed E-state index contributed by atoms with van der Waals surface area (Å²) in [6, 6.07) is 16.7. The van der Waals surface area contributed by atoms with Crippen LogP contribution in [0, 0.1) is 0 Å². The molecule has 2 heterocycles. The molecule has 27 heavy (non-hydrogen) atoms. The van der Waals surface area contributed by atoms with Gasteiger partial charge in [-0.2, -0.15) is 5.10 Å². The van der Waals surface area contributed by atoms with Crippen molar-refractivity contribution in [2.75, 3.05) is 5.75 Å². The maximum Gasteiger partial charge on any atom is 0.230 e. The molecule has 136 valence electrons. The van der Waals surface area contributed by atoms with Crippen LogP contribution in [0.2, 0.25) is 0 Å². The minimum Gasteiger partial charge on any atom is -0.353 e. The second-order valence-electron chi connectivity index (χ2n) is 6.63. The maximum absolute atomic E-state index is 12.0. The molecule has 0 aliphatic carbocycles. The fourth-order valence-corrected chi connectivity index (χ4v) is 3.87. The number of amides is 1.